The van der Waals surface area contributed by atoms with Gasteiger partial charge in [0.1, 0.15) is 5.69 Å². The SMILES string of the molecule is CN(CCN)Cc1c[nH]nc1-c1ccccn1. The van der Waals surface area contributed by atoms with E-state index >= 15 is 0 Å². The molecular formula is C12H17N5. The molecule has 5 heteroatoms. The molecule has 17 heavy (non-hydrogen) atoms. The average molecular weight is 231 g/mol. The molecule has 2 heterocycles. The molecule has 0 aromatic carbocycles. The number of H-pyrrole nitrogens is 1. The Morgan fingerprint density at radius 3 is 3.00 bits per heavy atom. The molecule has 0 unspecified atom stereocenters. The third-order valence-electron chi connectivity index (χ3n) is 2.58. The number of likely N-dealkylation sites (N-methyl/N-ethyl adjacent to an activating group) is 1. The zero-order chi connectivity index (χ0) is 12.1. The van der Waals surface area contributed by atoms with E-state index in [-0.39, 0.29) is 0 Å². The van der Waals surface area contributed by atoms with Crippen molar-refractivity contribution in [3.63, 3.8) is 0 Å². The first-order valence-corrected chi connectivity index (χ1v) is 5.64. The molecule has 2 rings (SSSR count). The molecule has 0 saturated heterocycles. The molecule has 0 amide bonds. The number of aromatic nitrogens is 3. The van der Waals surface area contributed by atoms with Crippen molar-refractivity contribution in [2.75, 3.05) is 20.1 Å². The molecule has 0 saturated carbocycles. The van der Waals surface area contributed by atoms with Crippen LogP contribution >= 0.6 is 0 Å². The second kappa shape index (κ2) is 5.56. The lowest BCUT2D eigenvalue weighted by molar-refractivity contribution is 0.337. The maximum Gasteiger partial charge on any atom is 0.115 e. The minimum absolute atomic E-state index is 0.660. The van der Waals surface area contributed by atoms with Crippen molar-refractivity contribution in [3.05, 3.63) is 36.2 Å². The van der Waals surface area contributed by atoms with Crippen molar-refractivity contribution < 1.29 is 0 Å². The highest BCUT2D eigenvalue weighted by atomic mass is 15.1. The van der Waals surface area contributed by atoms with E-state index in [0.29, 0.717) is 6.54 Å². The summed E-state index contributed by atoms with van der Waals surface area (Å²) in [4.78, 5) is 6.47. The van der Waals surface area contributed by atoms with Crippen molar-refractivity contribution in [1.29, 1.82) is 0 Å². The van der Waals surface area contributed by atoms with Crippen LogP contribution in [0.3, 0.4) is 0 Å². The predicted molar refractivity (Wildman–Crippen MR) is 67.2 cm³/mol. The van der Waals surface area contributed by atoms with Gasteiger partial charge in [0.25, 0.3) is 0 Å². The van der Waals surface area contributed by atoms with Gasteiger partial charge in [-0.15, -0.1) is 0 Å². The normalized spacial score (nSPS) is 11.0. The van der Waals surface area contributed by atoms with E-state index in [2.05, 4.69) is 20.1 Å². The summed E-state index contributed by atoms with van der Waals surface area (Å²) in [6, 6.07) is 5.82. The van der Waals surface area contributed by atoms with Crippen LogP contribution in [0.4, 0.5) is 0 Å². The van der Waals surface area contributed by atoms with Gasteiger partial charge in [-0.1, -0.05) is 6.07 Å². The summed E-state index contributed by atoms with van der Waals surface area (Å²) in [7, 11) is 2.04. The molecule has 0 aliphatic carbocycles. The Balaban J connectivity index is 2.18. The van der Waals surface area contributed by atoms with Crippen LogP contribution in [0, 0.1) is 0 Å². The van der Waals surface area contributed by atoms with E-state index in [9.17, 15) is 0 Å². The van der Waals surface area contributed by atoms with E-state index in [0.717, 1.165) is 30.0 Å². The Bertz CT molecular complexity index is 451. The van der Waals surface area contributed by atoms with Crippen LogP contribution in [0.25, 0.3) is 11.4 Å². The van der Waals surface area contributed by atoms with Crippen LogP contribution in [0.2, 0.25) is 0 Å². The number of nitrogens with two attached hydrogens (primary N) is 1. The van der Waals surface area contributed by atoms with Crippen molar-refractivity contribution in [1.82, 2.24) is 20.1 Å². The second-order valence-corrected chi connectivity index (χ2v) is 4.00. The Kier molecular flexibility index (Phi) is 3.85. The maximum atomic E-state index is 5.53. The third-order valence-corrected chi connectivity index (χ3v) is 2.58. The molecule has 0 fully saturated rings. The molecular weight excluding hydrogens is 214 g/mol. The van der Waals surface area contributed by atoms with Crippen LogP contribution < -0.4 is 5.73 Å². The van der Waals surface area contributed by atoms with E-state index in [4.69, 9.17) is 5.73 Å². The lowest BCUT2D eigenvalue weighted by Gasteiger charge is -2.14. The first kappa shape index (κ1) is 11.8. The monoisotopic (exact) mass is 231 g/mol. The van der Waals surface area contributed by atoms with Gasteiger partial charge in [0.2, 0.25) is 0 Å². The van der Waals surface area contributed by atoms with Gasteiger partial charge >= 0.3 is 0 Å². The highest BCUT2D eigenvalue weighted by Crippen LogP contribution is 2.19. The van der Waals surface area contributed by atoms with Crippen molar-refractivity contribution >= 4 is 0 Å². The number of nitrogens with one attached hydrogen (secondary N) is 1. The minimum Gasteiger partial charge on any atom is -0.329 e. The molecule has 0 aliphatic heterocycles. The first-order chi connectivity index (χ1) is 8.31. The number of hydrogen-bond donors (Lipinski definition) is 2. The van der Waals surface area contributed by atoms with Crippen molar-refractivity contribution in [2.45, 2.75) is 6.54 Å². The Morgan fingerprint density at radius 1 is 1.41 bits per heavy atom. The topological polar surface area (TPSA) is 70.8 Å². The van der Waals surface area contributed by atoms with E-state index in [1.807, 2.05) is 31.4 Å². The largest absolute Gasteiger partial charge is 0.329 e. The molecule has 2 aromatic heterocycles. The summed E-state index contributed by atoms with van der Waals surface area (Å²) in [6.45, 7) is 2.35. The minimum atomic E-state index is 0.660. The molecule has 0 atom stereocenters. The van der Waals surface area contributed by atoms with Crippen molar-refractivity contribution in [2.24, 2.45) is 5.73 Å². The van der Waals surface area contributed by atoms with E-state index < -0.39 is 0 Å². The van der Waals surface area contributed by atoms with Gasteiger partial charge in [-0.25, -0.2) is 0 Å². The van der Waals surface area contributed by atoms with Gasteiger partial charge in [-0.3, -0.25) is 10.1 Å². The van der Waals surface area contributed by atoms with Crippen LogP contribution in [0.15, 0.2) is 30.6 Å². The van der Waals surface area contributed by atoms with Crippen LogP contribution in [-0.4, -0.2) is 40.2 Å². The fourth-order valence-corrected chi connectivity index (χ4v) is 1.75. The van der Waals surface area contributed by atoms with Crippen LogP contribution in [-0.2, 0) is 6.54 Å². The molecule has 2 aromatic rings. The van der Waals surface area contributed by atoms with Gasteiger partial charge in [0.05, 0.1) is 5.69 Å². The zero-order valence-electron chi connectivity index (χ0n) is 9.93. The van der Waals surface area contributed by atoms with Gasteiger partial charge in [0, 0.05) is 37.6 Å². The molecule has 3 N–H and O–H groups in total. The van der Waals surface area contributed by atoms with Gasteiger partial charge in [0.15, 0.2) is 0 Å². The summed E-state index contributed by atoms with van der Waals surface area (Å²) < 4.78 is 0. The standard InChI is InChI=1S/C12H17N5/c1-17(7-5-13)9-10-8-15-16-12(10)11-4-2-3-6-14-11/h2-4,6,8H,5,7,9,13H2,1H3,(H,15,16). The highest BCUT2D eigenvalue weighted by molar-refractivity contribution is 5.57. The number of rotatable bonds is 5. The quantitative estimate of drug-likeness (QED) is 0.800. The Hall–Kier alpha value is -1.72. The lowest BCUT2D eigenvalue weighted by atomic mass is 10.2. The summed E-state index contributed by atoms with van der Waals surface area (Å²) in [5.41, 5.74) is 8.47. The van der Waals surface area contributed by atoms with Gasteiger partial charge < -0.3 is 10.6 Å². The Labute approximate surface area is 101 Å². The highest BCUT2D eigenvalue weighted by Gasteiger charge is 2.10. The fraction of sp³-hybridized carbons (Fsp3) is 0.333. The number of aromatic amines is 1. The molecule has 0 bridgehead atoms. The molecule has 90 valence electrons. The molecule has 0 radical (unpaired) electrons. The summed E-state index contributed by atoms with van der Waals surface area (Å²) in [5, 5.41) is 7.15. The van der Waals surface area contributed by atoms with Gasteiger partial charge in [-0.05, 0) is 19.2 Å². The predicted octanol–water partition coefficient (Wildman–Crippen LogP) is 0.862. The van der Waals surface area contributed by atoms with Crippen molar-refractivity contribution in [3.8, 4) is 11.4 Å². The number of hydrogen-bond acceptors (Lipinski definition) is 4. The first-order valence-electron chi connectivity index (χ1n) is 5.64. The number of nitrogens with zero attached hydrogens (tertiary/aromatic N) is 3. The summed E-state index contributed by atoms with van der Waals surface area (Å²) in [5.74, 6) is 0. The van der Waals surface area contributed by atoms with E-state index in [1.165, 1.54) is 0 Å². The van der Waals surface area contributed by atoms with Crippen LogP contribution in [0.1, 0.15) is 5.56 Å². The average Bonchev–Trinajstić information content (AvgIpc) is 2.78. The van der Waals surface area contributed by atoms with Gasteiger partial charge in [-0.2, -0.15) is 5.10 Å². The molecule has 5 nitrogen and oxygen atoms in total. The summed E-state index contributed by atoms with van der Waals surface area (Å²) in [6.07, 6.45) is 3.69. The Morgan fingerprint density at radius 2 is 2.29 bits per heavy atom. The molecule has 0 aliphatic rings. The second-order valence-electron chi connectivity index (χ2n) is 4.00. The fourth-order valence-electron chi connectivity index (χ4n) is 1.75. The smallest absolute Gasteiger partial charge is 0.115 e. The van der Waals surface area contributed by atoms with Crippen LogP contribution in [0.5, 0.6) is 0 Å². The molecule has 0 spiro atoms. The summed E-state index contributed by atoms with van der Waals surface area (Å²) >= 11 is 0. The maximum absolute atomic E-state index is 5.53. The third kappa shape index (κ3) is 2.89. The number of pyridine rings is 1. The lowest BCUT2D eigenvalue weighted by Crippen LogP contribution is -2.25. The zero-order valence-corrected chi connectivity index (χ0v) is 9.93. The van der Waals surface area contributed by atoms with E-state index in [1.54, 1.807) is 6.20 Å².